The topological polar surface area (TPSA) is 90.8 Å². The van der Waals surface area contributed by atoms with Gasteiger partial charge in [-0.1, -0.05) is 0 Å². The number of nitrogens with one attached hydrogen (secondary N) is 1. The Bertz CT molecular complexity index is 591. The van der Waals surface area contributed by atoms with Crippen LogP contribution in [0.4, 0.5) is 0 Å². The van der Waals surface area contributed by atoms with Gasteiger partial charge in [0, 0.05) is 23.9 Å². The SMILES string of the molecule is COc1ccc(/C(C)=N\NC(=O)C2CC2)cc1CC(=O)[O-]. The maximum absolute atomic E-state index is 11.5. The lowest BCUT2D eigenvalue weighted by Crippen LogP contribution is -2.24. The number of ether oxygens (including phenoxy) is 1. The second kappa shape index (κ2) is 6.39. The lowest BCUT2D eigenvalue weighted by molar-refractivity contribution is -0.304. The van der Waals surface area contributed by atoms with E-state index in [9.17, 15) is 14.7 Å². The highest BCUT2D eigenvalue weighted by Crippen LogP contribution is 2.28. The lowest BCUT2D eigenvalue weighted by atomic mass is 10.0. The van der Waals surface area contributed by atoms with E-state index in [2.05, 4.69) is 10.5 Å². The molecule has 0 aliphatic heterocycles. The van der Waals surface area contributed by atoms with Crippen molar-refractivity contribution in [3.8, 4) is 5.75 Å². The number of carbonyl (C=O) groups is 2. The van der Waals surface area contributed by atoms with Gasteiger partial charge in [-0.2, -0.15) is 5.10 Å². The summed E-state index contributed by atoms with van der Waals surface area (Å²) in [5.41, 5.74) is 4.36. The molecule has 1 aromatic carbocycles. The molecule has 1 N–H and O–H groups in total. The highest BCUT2D eigenvalue weighted by molar-refractivity contribution is 5.99. The molecule has 6 nitrogen and oxygen atoms in total. The van der Waals surface area contributed by atoms with Gasteiger partial charge < -0.3 is 14.6 Å². The minimum absolute atomic E-state index is 0.0715. The van der Waals surface area contributed by atoms with E-state index < -0.39 is 5.97 Å². The van der Waals surface area contributed by atoms with E-state index in [-0.39, 0.29) is 18.2 Å². The standard InChI is InChI=1S/C15H18N2O4/c1-9(16-17-15(20)10-3-4-10)11-5-6-13(21-2)12(7-11)8-14(18)19/h5-7,10H,3-4,8H2,1-2H3,(H,17,20)(H,18,19)/p-1/b16-9-. The van der Waals surface area contributed by atoms with E-state index in [1.165, 1.54) is 7.11 Å². The van der Waals surface area contributed by atoms with Crippen LogP contribution in [0.25, 0.3) is 0 Å². The Kier molecular flexibility index (Phi) is 4.57. The van der Waals surface area contributed by atoms with Crippen LogP contribution in [0.15, 0.2) is 23.3 Å². The van der Waals surface area contributed by atoms with Crippen molar-refractivity contribution in [3.05, 3.63) is 29.3 Å². The van der Waals surface area contributed by atoms with Crippen LogP contribution in [0, 0.1) is 5.92 Å². The van der Waals surface area contributed by atoms with Crippen molar-refractivity contribution in [2.75, 3.05) is 7.11 Å². The first-order chi connectivity index (χ1) is 10.0. The van der Waals surface area contributed by atoms with Crippen molar-refractivity contribution < 1.29 is 19.4 Å². The summed E-state index contributed by atoms with van der Waals surface area (Å²) in [5.74, 6) is -0.677. The Morgan fingerprint density at radius 1 is 1.43 bits per heavy atom. The predicted molar refractivity (Wildman–Crippen MR) is 74.8 cm³/mol. The fourth-order valence-corrected chi connectivity index (χ4v) is 1.94. The molecular formula is C15H17N2O4-. The van der Waals surface area contributed by atoms with Gasteiger partial charge in [0.25, 0.3) is 0 Å². The quantitative estimate of drug-likeness (QED) is 0.600. The fourth-order valence-electron chi connectivity index (χ4n) is 1.94. The second-order valence-electron chi connectivity index (χ2n) is 5.02. The van der Waals surface area contributed by atoms with E-state index in [1.54, 1.807) is 25.1 Å². The molecule has 0 atom stereocenters. The molecule has 21 heavy (non-hydrogen) atoms. The van der Waals surface area contributed by atoms with Gasteiger partial charge in [0.2, 0.25) is 5.91 Å². The largest absolute Gasteiger partial charge is 0.550 e. The van der Waals surface area contributed by atoms with Crippen LogP contribution in [0.1, 0.15) is 30.9 Å². The summed E-state index contributed by atoms with van der Waals surface area (Å²) < 4.78 is 5.12. The summed E-state index contributed by atoms with van der Waals surface area (Å²) in [6, 6.07) is 5.12. The predicted octanol–water partition coefficient (Wildman–Crippen LogP) is 0.238. The van der Waals surface area contributed by atoms with Gasteiger partial charge in [-0.05, 0) is 43.5 Å². The van der Waals surface area contributed by atoms with Crippen LogP contribution in [0.2, 0.25) is 0 Å². The number of carbonyl (C=O) groups excluding carboxylic acids is 2. The maximum atomic E-state index is 11.5. The van der Waals surface area contributed by atoms with E-state index in [0.29, 0.717) is 17.0 Å². The van der Waals surface area contributed by atoms with Crippen molar-refractivity contribution in [3.63, 3.8) is 0 Å². The number of nitrogens with zero attached hydrogens (tertiary/aromatic N) is 1. The molecule has 0 radical (unpaired) electrons. The van der Waals surface area contributed by atoms with Crippen molar-refractivity contribution >= 4 is 17.6 Å². The Balaban J connectivity index is 2.15. The van der Waals surface area contributed by atoms with Gasteiger partial charge in [0.05, 0.1) is 12.8 Å². The van der Waals surface area contributed by atoms with Crippen LogP contribution in [-0.2, 0) is 16.0 Å². The zero-order valence-corrected chi connectivity index (χ0v) is 12.0. The summed E-state index contributed by atoms with van der Waals surface area (Å²) in [5, 5.41) is 14.8. The number of carboxylic acid groups (broad SMARTS) is 1. The normalized spacial score (nSPS) is 14.7. The molecule has 1 saturated carbocycles. The third-order valence-corrected chi connectivity index (χ3v) is 3.31. The molecule has 0 bridgehead atoms. The van der Waals surface area contributed by atoms with Crippen LogP contribution in [-0.4, -0.2) is 24.7 Å². The van der Waals surface area contributed by atoms with Gasteiger partial charge in [-0.15, -0.1) is 0 Å². The molecule has 1 aliphatic carbocycles. The van der Waals surface area contributed by atoms with Crippen molar-refractivity contribution in [2.45, 2.75) is 26.2 Å². The first kappa shape index (κ1) is 15.0. The minimum atomic E-state index is -1.18. The number of hydrogen-bond acceptors (Lipinski definition) is 5. The summed E-state index contributed by atoms with van der Waals surface area (Å²) in [4.78, 5) is 22.3. The molecule has 1 aliphatic rings. The van der Waals surface area contributed by atoms with Gasteiger partial charge in [-0.3, -0.25) is 4.79 Å². The van der Waals surface area contributed by atoms with Crippen molar-refractivity contribution in [1.29, 1.82) is 0 Å². The number of methoxy groups -OCH3 is 1. The number of carboxylic acids is 1. The van der Waals surface area contributed by atoms with E-state index in [4.69, 9.17) is 4.74 Å². The Morgan fingerprint density at radius 3 is 2.71 bits per heavy atom. The Morgan fingerprint density at radius 2 is 2.14 bits per heavy atom. The molecule has 0 spiro atoms. The molecule has 0 aromatic heterocycles. The number of hydrazone groups is 1. The molecule has 6 heteroatoms. The Labute approximate surface area is 122 Å². The minimum Gasteiger partial charge on any atom is -0.550 e. The molecule has 0 saturated heterocycles. The Hall–Kier alpha value is -2.37. The lowest BCUT2D eigenvalue weighted by Gasteiger charge is -2.11. The fraction of sp³-hybridized carbons (Fsp3) is 0.400. The second-order valence-corrected chi connectivity index (χ2v) is 5.02. The van der Waals surface area contributed by atoms with E-state index in [1.807, 2.05) is 0 Å². The summed E-state index contributed by atoms with van der Waals surface area (Å²) >= 11 is 0. The molecule has 0 heterocycles. The van der Waals surface area contributed by atoms with Crippen LogP contribution >= 0.6 is 0 Å². The third-order valence-electron chi connectivity index (χ3n) is 3.31. The van der Waals surface area contributed by atoms with Crippen LogP contribution in [0.3, 0.4) is 0 Å². The summed E-state index contributed by atoms with van der Waals surface area (Å²) in [6.07, 6.45) is 1.59. The average molecular weight is 289 g/mol. The van der Waals surface area contributed by atoms with Gasteiger partial charge in [-0.25, -0.2) is 5.43 Å². The maximum Gasteiger partial charge on any atom is 0.243 e. The number of rotatable bonds is 6. The van der Waals surface area contributed by atoms with Crippen molar-refractivity contribution in [1.82, 2.24) is 5.43 Å². The van der Waals surface area contributed by atoms with Crippen LogP contribution in [0.5, 0.6) is 5.75 Å². The van der Waals surface area contributed by atoms with Crippen LogP contribution < -0.4 is 15.3 Å². The van der Waals surface area contributed by atoms with E-state index >= 15 is 0 Å². The zero-order valence-electron chi connectivity index (χ0n) is 12.0. The van der Waals surface area contributed by atoms with Gasteiger partial charge >= 0.3 is 0 Å². The molecule has 1 amide bonds. The molecular weight excluding hydrogens is 272 g/mol. The smallest absolute Gasteiger partial charge is 0.243 e. The first-order valence-electron chi connectivity index (χ1n) is 6.72. The average Bonchev–Trinajstić information content (AvgIpc) is 3.28. The number of amides is 1. The molecule has 0 unspecified atom stereocenters. The van der Waals surface area contributed by atoms with E-state index in [0.717, 1.165) is 18.4 Å². The summed E-state index contributed by atoms with van der Waals surface area (Å²) in [6.45, 7) is 1.75. The number of benzene rings is 1. The highest BCUT2D eigenvalue weighted by Gasteiger charge is 2.29. The van der Waals surface area contributed by atoms with Gasteiger partial charge in [0.15, 0.2) is 0 Å². The molecule has 112 valence electrons. The summed E-state index contributed by atoms with van der Waals surface area (Å²) in [7, 11) is 1.48. The first-order valence-corrected chi connectivity index (χ1v) is 6.72. The molecule has 1 aromatic rings. The molecule has 2 rings (SSSR count). The van der Waals surface area contributed by atoms with Crippen molar-refractivity contribution in [2.24, 2.45) is 11.0 Å². The third kappa shape index (κ3) is 4.05. The molecule has 1 fully saturated rings. The number of aliphatic carboxylic acids is 1. The zero-order chi connectivity index (χ0) is 15.4. The monoisotopic (exact) mass is 289 g/mol. The number of hydrogen-bond donors (Lipinski definition) is 1. The van der Waals surface area contributed by atoms with Gasteiger partial charge in [0.1, 0.15) is 5.75 Å². The highest BCUT2D eigenvalue weighted by atomic mass is 16.5.